The van der Waals surface area contributed by atoms with Crippen molar-refractivity contribution in [3.8, 4) is 0 Å². The largest absolute Gasteiger partial charge is 0.332 e. The van der Waals surface area contributed by atoms with Crippen molar-refractivity contribution >= 4 is 44.6 Å². The summed E-state index contributed by atoms with van der Waals surface area (Å²) in [6.07, 6.45) is 3.60. The molecule has 6 nitrogen and oxygen atoms in total. The van der Waals surface area contributed by atoms with Crippen LogP contribution >= 0.6 is 12.2 Å². The molecule has 2 aromatic rings. The van der Waals surface area contributed by atoms with Crippen molar-refractivity contribution in [2.24, 2.45) is 5.92 Å². The molecule has 0 aromatic heterocycles. The van der Waals surface area contributed by atoms with E-state index >= 15 is 0 Å². The maximum atomic E-state index is 13.0. The lowest BCUT2D eigenvalue weighted by Gasteiger charge is -2.24. The van der Waals surface area contributed by atoms with Crippen molar-refractivity contribution in [1.82, 2.24) is 5.32 Å². The zero-order valence-corrected chi connectivity index (χ0v) is 16.9. The zero-order valence-electron chi connectivity index (χ0n) is 15.2. The smallest absolute Gasteiger partial charge is 0.264 e. The van der Waals surface area contributed by atoms with Gasteiger partial charge < -0.3 is 10.6 Å². The third kappa shape index (κ3) is 3.62. The summed E-state index contributed by atoms with van der Waals surface area (Å²) in [7, 11) is -3.62. The molecule has 1 fully saturated rings. The summed E-state index contributed by atoms with van der Waals surface area (Å²) >= 11 is 5.17. The van der Waals surface area contributed by atoms with Crippen LogP contribution in [0.15, 0.2) is 53.4 Å². The van der Waals surface area contributed by atoms with Crippen LogP contribution in [0.1, 0.15) is 24.8 Å². The van der Waals surface area contributed by atoms with Crippen molar-refractivity contribution < 1.29 is 13.2 Å². The molecule has 2 N–H and O–H groups in total. The molecule has 2 aromatic carbocycles. The lowest BCUT2D eigenvalue weighted by molar-refractivity contribution is -0.125. The third-order valence-electron chi connectivity index (χ3n) is 5.26. The molecule has 0 bridgehead atoms. The second kappa shape index (κ2) is 7.52. The number of para-hydroxylation sites is 1. The molecule has 28 heavy (non-hydrogen) atoms. The van der Waals surface area contributed by atoms with Gasteiger partial charge >= 0.3 is 0 Å². The Morgan fingerprint density at radius 1 is 1.07 bits per heavy atom. The highest BCUT2D eigenvalue weighted by molar-refractivity contribution is 7.92. The molecule has 146 valence electrons. The van der Waals surface area contributed by atoms with Crippen molar-refractivity contribution in [3.05, 3.63) is 54.1 Å². The van der Waals surface area contributed by atoms with Gasteiger partial charge in [-0.2, -0.15) is 0 Å². The molecule has 1 aliphatic carbocycles. The lowest BCUT2D eigenvalue weighted by Crippen LogP contribution is -2.40. The van der Waals surface area contributed by atoms with E-state index in [9.17, 15) is 13.2 Å². The summed E-state index contributed by atoms with van der Waals surface area (Å²) in [6, 6.07) is 14.0. The molecular weight excluding hydrogens is 394 g/mol. The van der Waals surface area contributed by atoms with Crippen LogP contribution in [0.25, 0.3) is 0 Å². The number of carbonyl (C=O) groups is 1. The summed E-state index contributed by atoms with van der Waals surface area (Å²) in [4.78, 5) is 12.2. The average molecular weight is 416 g/mol. The van der Waals surface area contributed by atoms with Crippen molar-refractivity contribution in [2.75, 3.05) is 16.2 Å². The average Bonchev–Trinajstić information content (AvgIpc) is 3.05. The molecule has 1 heterocycles. The van der Waals surface area contributed by atoms with Crippen LogP contribution in [0.3, 0.4) is 0 Å². The molecule has 2 aliphatic rings. The quantitative estimate of drug-likeness (QED) is 0.751. The number of nitrogens with one attached hydrogen (secondary N) is 2. The molecule has 0 saturated heterocycles. The van der Waals surface area contributed by atoms with Crippen LogP contribution in [0.2, 0.25) is 0 Å². The van der Waals surface area contributed by atoms with E-state index in [1.54, 1.807) is 24.3 Å². The van der Waals surface area contributed by atoms with Gasteiger partial charge in [-0.15, -0.1) is 0 Å². The van der Waals surface area contributed by atoms with Gasteiger partial charge in [-0.05, 0) is 67.4 Å². The van der Waals surface area contributed by atoms with E-state index < -0.39 is 10.0 Å². The van der Waals surface area contributed by atoms with Crippen LogP contribution in [0, 0.1) is 5.92 Å². The maximum absolute atomic E-state index is 13.0. The number of nitrogens with zero attached hydrogens (tertiary/aromatic N) is 1. The molecule has 0 atom stereocenters. The van der Waals surface area contributed by atoms with E-state index in [1.165, 1.54) is 4.31 Å². The number of thiocarbonyl (C=S) groups is 1. The zero-order chi connectivity index (χ0) is 19.7. The minimum atomic E-state index is -3.62. The Kier molecular flexibility index (Phi) is 5.07. The standard InChI is InChI=1S/C20H21N3O3S2/c24-19(15-5-3-6-15)22-20(27)21-16-8-10-17(11-9-16)28(25,26)23-13-12-14-4-1-2-7-18(14)23/h1-2,4,7-11,15H,3,5-6,12-13H2,(H2,21,22,24,27). The number of benzene rings is 2. The van der Waals surface area contributed by atoms with Crippen LogP contribution < -0.4 is 14.9 Å². The summed E-state index contributed by atoms with van der Waals surface area (Å²) in [6.45, 7) is 0.443. The number of anilines is 2. The maximum Gasteiger partial charge on any atom is 0.264 e. The number of hydrogen-bond donors (Lipinski definition) is 2. The molecule has 1 saturated carbocycles. The molecule has 0 unspecified atom stereocenters. The van der Waals surface area contributed by atoms with E-state index in [2.05, 4.69) is 10.6 Å². The number of fused-ring (bicyclic) bond motifs is 1. The van der Waals surface area contributed by atoms with E-state index in [0.29, 0.717) is 18.7 Å². The molecule has 0 spiro atoms. The first kappa shape index (κ1) is 18.9. The topological polar surface area (TPSA) is 78.5 Å². The normalized spacial score (nSPS) is 16.2. The second-order valence-corrected chi connectivity index (χ2v) is 9.32. The van der Waals surface area contributed by atoms with Crippen LogP contribution in [-0.4, -0.2) is 26.0 Å². The first-order valence-electron chi connectivity index (χ1n) is 9.28. The highest BCUT2D eigenvalue weighted by atomic mass is 32.2. The van der Waals surface area contributed by atoms with Gasteiger partial charge in [-0.25, -0.2) is 8.42 Å². The Labute approximate surface area is 170 Å². The van der Waals surface area contributed by atoms with Gasteiger partial charge in [0.25, 0.3) is 10.0 Å². The van der Waals surface area contributed by atoms with Crippen LogP contribution in [0.5, 0.6) is 0 Å². The van der Waals surface area contributed by atoms with E-state index in [-0.39, 0.29) is 21.8 Å². The Morgan fingerprint density at radius 3 is 2.46 bits per heavy atom. The van der Waals surface area contributed by atoms with Gasteiger partial charge in [0.2, 0.25) is 5.91 Å². The SMILES string of the molecule is O=C(NC(=S)Nc1ccc(S(=O)(=O)N2CCc3ccccc32)cc1)C1CCC1. The highest BCUT2D eigenvalue weighted by Crippen LogP contribution is 2.32. The van der Waals surface area contributed by atoms with Crippen LogP contribution in [-0.2, 0) is 21.2 Å². The number of rotatable bonds is 4. The van der Waals surface area contributed by atoms with Gasteiger partial charge in [0.05, 0.1) is 10.6 Å². The highest BCUT2D eigenvalue weighted by Gasteiger charge is 2.30. The molecule has 1 aliphatic heterocycles. The van der Waals surface area contributed by atoms with Gasteiger partial charge in [0.1, 0.15) is 0 Å². The van der Waals surface area contributed by atoms with Gasteiger partial charge in [-0.1, -0.05) is 24.6 Å². The number of sulfonamides is 1. The lowest BCUT2D eigenvalue weighted by atomic mass is 9.85. The predicted octanol–water partition coefficient (Wildman–Crippen LogP) is 3.05. The molecule has 0 radical (unpaired) electrons. The van der Waals surface area contributed by atoms with Crippen molar-refractivity contribution in [2.45, 2.75) is 30.6 Å². The molecule has 1 amide bonds. The van der Waals surface area contributed by atoms with E-state index in [1.807, 2.05) is 24.3 Å². The van der Waals surface area contributed by atoms with E-state index in [0.717, 1.165) is 30.5 Å². The fraction of sp³-hybridized carbons (Fsp3) is 0.300. The summed E-state index contributed by atoms with van der Waals surface area (Å²) < 4.78 is 27.5. The molecule has 8 heteroatoms. The number of hydrogen-bond acceptors (Lipinski definition) is 4. The molecular formula is C20H21N3O3S2. The first-order chi connectivity index (χ1) is 13.4. The fourth-order valence-electron chi connectivity index (χ4n) is 3.44. The summed E-state index contributed by atoms with van der Waals surface area (Å²) in [5.74, 6) is -0.00810. The number of amides is 1. The Bertz CT molecular complexity index is 1020. The van der Waals surface area contributed by atoms with E-state index in [4.69, 9.17) is 12.2 Å². The fourth-order valence-corrected chi connectivity index (χ4v) is 5.16. The number of carbonyl (C=O) groups excluding carboxylic acids is 1. The monoisotopic (exact) mass is 415 g/mol. The van der Waals surface area contributed by atoms with Gasteiger partial charge in [0, 0.05) is 18.2 Å². The van der Waals surface area contributed by atoms with Crippen molar-refractivity contribution in [3.63, 3.8) is 0 Å². The van der Waals surface area contributed by atoms with Crippen LogP contribution in [0.4, 0.5) is 11.4 Å². The first-order valence-corrected chi connectivity index (χ1v) is 11.1. The third-order valence-corrected chi connectivity index (χ3v) is 7.29. The Hall–Kier alpha value is -2.45. The van der Waals surface area contributed by atoms with Gasteiger partial charge in [0.15, 0.2) is 5.11 Å². The summed E-state index contributed by atoms with van der Waals surface area (Å²) in [5.41, 5.74) is 2.40. The Balaban J connectivity index is 1.44. The predicted molar refractivity (Wildman–Crippen MR) is 113 cm³/mol. The Morgan fingerprint density at radius 2 is 1.79 bits per heavy atom. The molecule has 4 rings (SSSR count). The second-order valence-electron chi connectivity index (χ2n) is 7.05. The minimum absolute atomic E-state index is 0.0515. The van der Waals surface area contributed by atoms with Gasteiger partial charge in [-0.3, -0.25) is 9.10 Å². The summed E-state index contributed by atoms with van der Waals surface area (Å²) in [5, 5.41) is 5.84. The van der Waals surface area contributed by atoms with Crippen molar-refractivity contribution in [1.29, 1.82) is 0 Å². The minimum Gasteiger partial charge on any atom is -0.332 e.